The lowest BCUT2D eigenvalue weighted by molar-refractivity contribution is -0.145. The second kappa shape index (κ2) is 6.67. The van der Waals surface area contributed by atoms with E-state index in [2.05, 4.69) is 4.90 Å². The van der Waals surface area contributed by atoms with Crippen molar-refractivity contribution in [3.8, 4) is 0 Å². The number of hydrogen-bond donors (Lipinski definition) is 0. The molecular weight excluding hydrogens is 295 g/mol. The number of hydrogen-bond acceptors (Lipinski definition) is 3. The Morgan fingerprint density at radius 1 is 1.09 bits per heavy atom. The van der Waals surface area contributed by atoms with Crippen LogP contribution in [0.5, 0.6) is 0 Å². The molecule has 1 saturated carbocycles. The van der Waals surface area contributed by atoms with Crippen molar-refractivity contribution < 1.29 is 13.9 Å². The predicted octanol–water partition coefficient (Wildman–Crippen LogP) is 1.94. The van der Waals surface area contributed by atoms with E-state index in [4.69, 9.17) is 4.74 Å². The van der Waals surface area contributed by atoms with Gasteiger partial charge in [0.1, 0.15) is 6.17 Å². The van der Waals surface area contributed by atoms with E-state index < -0.39 is 6.17 Å². The minimum Gasteiger partial charge on any atom is -0.380 e. The fourth-order valence-corrected chi connectivity index (χ4v) is 4.84. The van der Waals surface area contributed by atoms with Crippen LogP contribution < -0.4 is 0 Å². The van der Waals surface area contributed by atoms with Gasteiger partial charge in [-0.1, -0.05) is 6.42 Å². The number of likely N-dealkylation sites (tertiary alicyclic amines) is 2. The van der Waals surface area contributed by atoms with Gasteiger partial charge in [-0.2, -0.15) is 0 Å². The summed E-state index contributed by atoms with van der Waals surface area (Å²) in [7, 11) is 0. The van der Waals surface area contributed by atoms with Gasteiger partial charge in [-0.3, -0.25) is 4.79 Å². The number of fused-ring (bicyclic) bond motifs is 1. The predicted molar refractivity (Wildman–Crippen MR) is 85.8 cm³/mol. The summed E-state index contributed by atoms with van der Waals surface area (Å²) in [5, 5.41) is 0. The third kappa shape index (κ3) is 3.27. The number of rotatable bonds is 3. The second-order valence-corrected chi connectivity index (χ2v) is 8.08. The minimum absolute atomic E-state index is 0.00342. The van der Waals surface area contributed by atoms with Crippen LogP contribution in [0.1, 0.15) is 32.1 Å². The van der Waals surface area contributed by atoms with Crippen molar-refractivity contribution in [3.63, 3.8) is 0 Å². The molecule has 0 aromatic heterocycles. The number of piperidine rings is 1. The summed E-state index contributed by atoms with van der Waals surface area (Å²) in [6.07, 6.45) is 4.42. The molecule has 1 aliphatic carbocycles. The largest absolute Gasteiger partial charge is 0.380 e. The monoisotopic (exact) mass is 324 g/mol. The summed E-state index contributed by atoms with van der Waals surface area (Å²) in [6, 6.07) is 0. The molecule has 0 radical (unpaired) electrons. The molecule has 0 bridgehead atoms. The molecule has 4 fully saturated rings. The number of alkyl halides is 1. The van der Waals surface area contributed by atoms with Crippen molar-refractivity contribution in [1.82, 2.24) is 9.80 Å². The van der Waals surface area contributed by atoms with Gasteiger partial charge >= 0.3 is 0 Å². The van der Waals surface area contributed by atoms with Crippen molar-refractivity contribution in [2.24, 2.45) is 23.7 Å². The first kappa shape index (κ1) is 15.8. The molecule has 23 heavy (non-hydrogen) atoms. The van der Waals surface area contributed by atoms with Crippen LogP contribution in [-0.2, 0) is 9.53 Å². The average molecular weight is 324 g/mol. The van der Waals surface area contributed by atoms with E-state index >= 15 is 0 Å². The molecule has 3 atom stereocenters. The highest BCUT2D eigenvalue weighted by atomic mass is 19.1. The Balaban J connectivity index is 1.37. The van der Waals surface area contributed by atoms with Crippen LogP contribution in [0.4, 0.5) is 4.39 Å². The number of ether oxygens (including phenoxy) is 1. The van der Waals surface area contributed by atoms with Gasteiger partial charge in [-0.25, -0.2) is 4.39 Å². The summed E-state index contributed by atoms with van der Waals surface area (Å²) in [6.45, 7) is 5.90. The molecule has 5 heteroatoms. The van der Waals surface area contributed by atoms with Crippen LogP contribution in [0.25, 0.3) is 0 Å². The summed E-state index contributed by atoms with van der Waals surface area (Å²) in [5.74, 6) is 2.05. The smallest absolute Gasteiger partial charge is 0.228 e. The molecule has 130 valence electrons. The standard InChI is InChI=1S/C18H29FN2O2/c19-15-4-6-21(7-5-15)18(22)17-12-23-11-14-9-20(10-16(14)17)8-13-2-1-3-13/h13-17H,1-12H2/t14-,16-,17+/m1/s1. The molecular formula is C18H29FN2O2. The molecule has 4 rings (SSSR count). The molecule has 0 unspecified atom stereocenters. The Hall–Kier alpha value is -0.680. The number of halogens is 1. The Morgan fingerprint density at radius 3 is 2.57 bits per heavy atom. The number of carbonyl (C=O) groups is 1. The van der Waals surface area contributed by atoms with Gasteiger partial charge in [0.25, 0.3) is 0 Å². The van der Waals surface area contributed by atoms with Gasteiger partial charge in [-0.05, 0) is 43.4 Å². The molecule has 4 aliphatic rings. The Labute approximate surface area is 138 Å². The van der Waals surface area contributed by atoms with Crippen molar-refractivity contribution in [3.05, 3.63) is 0 Å². The third-order valence-electron chi connectivity index (χ3n) is 6.51. The van der Waals surface area contributed by atoms with Gasteiger partial charge in [0.05, 0.1) is 19.1 Å². The first-order chi connectivity index (χ1) is 11.2. The van der Waals surface area contributed by atoms with Crippen molar-refractivity contribution in [2.75, 3.05) is 45.9 Å². The van der Waals surface area contributed by atoms with Gasteiger partial charge in [0.15, 0.2) is 0 Å². The Kier molecular flexibility index (Phi) is 4.59. The van der Waals surface area contributed by atoms with Gasteiger partial charge in [0.2, 0.25) is 5.91 Å². The van der Waals surface area contributed by atoms with Gasteiger partial charge in [-0.15, -0.1) is 0 Å². The van der Waals surface area contributed by atoms with E-state index in [-0.39, 0.29) is 11.8 Å². The van der Waals surface area contributed by atoms with Crippen molar-refractivity contribution in [2.45, 2.75) is 38.3 Å². The molecule has 0 aromatic rings. The normalized spacial score (nSPS) is 36.7. The van der Waals surface area contributed by atoms with Crippen LogP contribution in [0, 0.1) is 23.7 Å². The van der Waals surface area contributed by atoms with E-state index in [1.165, 1.54) is 25.8 Å². The maximum atomic E-state index is 13.3. The topological polar surface area (TPSA) is 32.8 Å². The molecule has 0 aromatic carbocycles. The molecule has 1 amide bonds. The minimum atomic E-state index is -0.723. The fraction of sp³-hybridized carbons (Fsp3) is 0.944. The summed E-state index contributed by atoms with van der Waals surface area (Å²) < 4.78 is 19.1. The van der Waals surface area contributed by atoms with Crippen LogP contribution in [0.15, 0.2) is 0 Å². The van der Waals surface area contributed by atoms with Crippen LogP contribution >= 0.6 is 0 Å². The van der Waals surface area contributed by atoms with E-state index in [0.29, 0.717) is 44.4 Å². The van der Waals surface area contributed by atoms with E-state index in [9.17, 15) is 9.18 Å². The lowest BCUT2D eigenvalue weighted by Gasteiger charge is -2.37. The number of amides is 1. The highest BCUT2D eigenvalue weighted by molar-refractivity contribution is 5.79. The van der Waals surface area contributed by atoms with Crippen LogP contribution in [-0.4, -0.2) is 67.8 Å². The summed E-state index contributed by atoms with van der Waals surface area (Å²) >= 11 is 0. The first-order valence-corrected chi connectivity index (χ1v) is 9.43. The maximum absolute atomic E-state index is 13.3. The zero-order valence-electron chi connectivity index (χ0n) is 14.0. The SMILES string of the molecule is O=C([C@H]1COC[C@H]2CN(CC3CCC3)C[C@H]21)N1CCC(F)CC1. The quantitative estimate of drug-likeness (QED) is 0.795. The first-order valence-electron chi connectivity index (χ1n) is 9.43. The lowest BCUT2D eigenvalue weighted by Crippen LogP contribution is -2.49. The molecule has 3 aliphatic heterocycles. The lowest BCUT2D eigenvalue weighted by atomic mass is 9.81. The summed E-state index contributed by atoms with van der Waals surface area (Å²) in [5.41, 5.74) is 0. The average Bonchev–Trinajstić information content (AvgIpc) is 2.93. The Morgan fingerprint density at radius 2 is 1.87 bits per heavy atom. The van der Waals surface area contributed by atoms with E-state index in [1.54, 1.807) is 0 Å². The van der Waals surface area contributed by atoms with Crippen molar-refractivity contribution >= 4 is 5.91 Å². The number of nitrogens with zero attached hydrogens (tertiary/aromatic N) is 2. The van der Waals surface area contributed by atoms with Crippen LogP contribution in [0.3, 0.4) is 0 Å². The van der Waals surface area contributed by atoms with Gasteiger partial charge in [0, 0.05) is 32.7 Å². The third-order valence-corrected chi connectivity index (χ3v) is 6.51. The zero-order chi connectivity index (χ0) is 15.8. The molecule has 0 N–H and O–H groups in total. The van der Waals surface area contributed by atoms with E-state index in [0.717, 1.165) is 25.6 Å². The molecule has 4 nitrogen and oxygen atoms in total. The van der Waals surface area contributed by atoms with E-state index in [1.807, 2.05) is 4.90 Å². The second-order valence-electron chi connectivity index (χ2n) is 8.08. The molecule has 3 heterocycles. The highest BCUT2D eigenvalue weighted by Gasteiger charge is 2.45. The van der Waals surface area contributed by atoms with Crippen molar-refractivity contribution in [1.29, 1.82) is 0 Å². The zero-order valence-corrected chi connectivity index (χ0v) is 14.0. The fourth-order valence-electron chi connectivity index (χ4n) is 4.84. The highest BCUT2D eigenvalue weighted by Crippen LogP contribution is 2.37. The number of carbonyl (C=O) groups excluding carboxylic acids is 1. The molecule has 3 saturated heterocycles. The summed E-state index contributed by atoms with van der Waals surface area (Å²) in [4.78, 5) is 17.4. The molecule has 0 spiro atoms. The Bertz CT molecular complexity index is 435. The van der Waals surface area contributed by atoms with Crippen LogP contribution in [0.2, 0.25) is 0 Å². The van der Waals surface area contributed by atoms with Gasteiger partial charge < -0.3 is 14.5 Å². The maximum Gasteiger partial charge on any atom is 0.228 e.